The van der Waals surface area contributed by atoms with Gasteiger partial charge in [-0.1, -0.05) is 40.9 Å². The summed E-state index contributed by atoms with van der Waals surface area (Å²) in [4.78, 5) is 20.0. The number of anilines is 6. The Morgan fingerprint density at radius 2 is 1.28 bits per heavy atom. The molecule has 1 fully saturated rings. The van der Waals surface area contributed by atoms with Gasteiger partial charge in [0.1, 0.15) is 21.1 Å². The first kappa shape index (κ1) is 35.7. The smallest absolute Gasteiger partial charge is 0.300 e. The number of nitrogens with one attached hydrogen (secondary N) is 4. The van der Waals surface area contributed by atoms with Crippen LogP contribution in [0, 0.1) is 6.92 Å². The van der Waals surface area contributed by atoms with Crippen molar-refractivity contribution in [1.82, 2.24) is 24.9 Å². The summed E-state index contributed by atoms with van der Waals surface area (Å²) in [5.74, 6) is 0.387. The average molecular weight is 817 g/mol. The van der Waals surface area contributed by atoms with E-state index in [1.54, 1.807) is 0 Å². The first-order chi connectivity index (χ1) is 25.7. The number of hydrogen-bond donors (Lipinski definition) is 7. The van der Waals surface area contributed by atoms with E-state index in [-0.39, 0.29) is 83.7 Å². The lowest BCUT2D eigenvalue weighted by Gasteiger charge is -2.27. The molecule has 0 atom stereocenters. The second-order valence-electron chi connectivity index (χ2n) is 12.1. The van der Waals surface area contributed by atoms with Crippen LogP contribution in [-0.4, -0.2) is 77.2 Å². The number of nitrogen functional groups attached to an aromatic ring is 1. The monoisotopic (exact) mass is 815 g/mol. The number of morpholine rings is 1. The fourth-order valence-electron chi connectivity index (χ4n) is 5.96. The van der Waals surface area contributed by atoms with Crippen molar-refractivity contribution in [2.75, 3.05) is 47.6 Å². The lowest BCUT2D eigenvalue weighted by molar-refractivity contribution is 0.122. The number of hydrogen-bond acceptors (Lipinski definition) is 14. The predicted octanol–water partition coefficient (Wildman–Crippen LogP) is 6.47. The van der Waals surface area contributed by atoms with Crippen LogP contribution in [0.3, 0.4) is 0 Å². The quantitative estimate of drug-likeness (QED) is 0.0516. The Labute approximate surface area is 314 Å². The summed E-state index contributed by atoms with van der Waals surface area (Å²) < 4.78 is 88.5. The lowest BCUT2D eigenvalue weighted by atomic mass is 10.2. The van der Waals surface area contributed by atoms with Gasteiger partial charge in [-0.2, -0.15) is 31.8 Å². The number of halogens is 2. The van der Waals surface area contributed by atoms with E-state index in [0.717, 1.165) is 5.56 Å². The Morgan fingerprint density at radius 3 is 1.85 bits per heavy atom. The van der Waals surface area contributed by atoms with Crippen LogP contribution in [0.25, 0.3) is 44.4 Å². The minimum atomic E-state index is -5.04. The van der Waals surface area contributed by atoms with Gasteiger partial charge in [-0.3, -0.25) is 9.11 Å². The maximum Gasteiger partial charge on any atom is 0.300 e. The molecule has 8 N–H and O–H groups in total. The van der Waals surface area contributed by atoms with E-state index in [2.05, 4.69) is 35.6 Å². The van der Waals surface area contributed by atoms with Crippen LogP contribution >= 0.6 is 23.2 Å². The summed E-state index contributed by atoms with van der Waals surface area (Å²) in [6, 6.07) is 12.9. The molecule has 280 valence electrons. The van der Waals surface area contributed by atoms with Gasteiger partial charge in [-0.15, -0.1) is 0 Å². The lowest BCUT2D eigenvalue weighted by Crippen LogP contribution is -2.37. The fourth-order valence-corrected chi connectivity index (χ4v) is 8.03. The van der Waals surface area contributed by atoms with E-state index in [4.69, 9.17) is 42.5 Å². The SMILES string of the molecule is Cc1ccc(Nc2nc(Nc3ccc4[nH]c5c(Cl)c6oc7c(S(=O)(=O)O)c(N)ccc7[nH]c6c(Cl)c5oc4c3S(=O)(=O)O)nc(N3CCOCC3)n2)cc1. The zero-order valence-corrected chi connectivity index (χ0v) is 30.8. The number of aromatic nitrogens is 5. The molecule has 18 nitrogen and oxygen atoms in total. The van der Waals surface area contributed by atoms with Gasteiger partial charge < -0.3 is 44.8 Å². The van der Waals surface area contributed by atoms with Crippen LogP contribution < -0.4 is 21.3 Å². The van der Waals surface area contributed by atoms with Gasteiger partial charge in [-0.25, -0.2) is 0 Å². The van der Waals surface area contributed by atoms with E-state index < -0.39 is 30.0 Å². The molecular weight excluding hydrogens is 789 g/mol. The van der Waals surface area contributed by atoms with Gasteiger partial charge in [0.15, 0.2) is 32.1 Å². The molecule has 0 radical (unpaired) electrons. The summed E-state index contributed by atoms with van der Waals surface area (Å²) in [7, 11) is -9.89. The first-order valence-electron chi connectivity index (χ1n) is 15.8. The Bertz CT molecular complexity index is 2940. The maximum atomic E-state index is 13.1. The van der Waals surface area contributed by atoms with E-state index in [0.29, 0.717) is 32.0 Å². The number of ether oxygens (including phenoxy) is 1. The van der Waals surface area contributed by atoms with Gasteiger partial charge in [0.2, 0.25) is 17.8 Å². The minimum absolute atomic E-state index is 0.0110. The van der Waals surface area contributed by atoms with Crippen molar-refractivity contribution in [3.63, 3.8) is 0 Å². The van der Waals surface area contributed by atoms with Gasteiger partial charge in [0, 0.05) is 18.8 Å². The zero-order valence-electron chi connectivity index (χ0n) is 27.6. The van der Waals surface area contributed by atoms with Crippen molar-refractivity contribution in [2.45, 2.75) is 16.7 Å². The van der Waals surface area contributed by atoms with Crippen LogP contribution in [-0.2, 0) is 25.0 Å². The standard InChI is InChI=1S/C32H27Cl2N9O9S2/c1-14-2-4-15(5-3-14)36-30-40-31(42-32(41-30)43-10-12-50-13-11-43)39-19-9-8-18-25(29(19)54(47,48)49)52-27-21(34)22-26(20(33)23(27)38-18)51-24-17(37-22)7-6-16(35)28(24)53(44,45)46/h2-9,37-38H,10-13,35H2,1H3,(H,44,45,46)(H,47,48,49)(H2,36,39,40,41,42). The largest absolute Gasteiger partial charge is 0.450 e. The first-order valence-corrected chi connectivity index (χ1v) is 19.5. The molecule has 3 aromatic heterocycles. The van der Waals surface area contributed by atoms with Crippen LogP contribution in [0.5, 0.6) is 0 Å². The van der Waals surface area contributed by atoms with Crippen molar-refractivity contribution < 1.29 is 39.5 Å². The molecule has 0 bridgehead atoms. The molecule has 0 aliphatic carbocycles. The highest BCUT2D eigenvalue weighted by Gasteiger charge is 2.28. The van der Waals surface area contributed by atoms with Crippen molar-refractivity contribution in [3.8, 4) is 0 Å². The third-order valence-electron chi connectivity index (χ3n) is 8.46. The van der Waals surface area contributed by atoms with Gasteiger partial charge in [0.25, 0.3) is 20.2 Å². The molecule has 54 heavy (non-hydrogen) atoms. The highest BCUT2D eigenvalue weighted by Crippen LogP contribution is 2.43. The topological polar surface area (TPSA) is 268 Å². The second-order valence-corrected chi connectivity index (χ2v) is 15.6. The molecule has 0 spiro atoms. The number of nitrogens with two attached hydrogens (primary N) is 1. The number of benzene rings is 4. The normalized spacial score (nSPS) is 14.0. The maximum absolute atomic E-state index is 13.1. The molecule has 0 amide bonds. The Balaban J connectivity index is 1.30. The Morgan fingerprint density at radius 1 is 0.741 bits per heavy atom. The summed E-state index contributed by atoms with van der Waals surface area (Å²) in [5.41, 5.74) is 6.25. The number of H-pyrrole nitrogens is 2. The number of aromatic amines is 2. The second kappa shape index (κ2) is 13.2. The number of fused-ring (bicyclic) bond motifs is 4. The number of rotatable bonds is 7. The van der Waals surface area contributed by atoms with Crippen molar-refractivity contribution in [2.24, 2.45) is 0 Å². The van der Waals surface area contributed by atoms with Crippen molar-refractivity contribution in [3.05, 3.63) is 64.1 Å². The summed E-state index contributed by atoms with van der Waals surface area (Å²) in [6.07, 6.45) is 0. The number of nitrogens with zero attached hydrogens (tertiary/aromatic N) is 4. The third-order valence-corrected chi connectivity index (χ3v) is 11.0. The Hall–Kier alpha value is -5.35. The molecule has 0 unspecified atom stereocenters. The molecule has 1 saturated heterocycles. The highest BCUT2D eigenvalue weighted by molar-refractivity contribution is 7.86. The van der Waals surface area contributed by atoms with Crippen LogP contribution in [0.4, 0.5) is 34.9 Å². The van der Waals surface area contributed by atoms with Crippen LogP contribution in [0.15, 0.2) is 67.2 Å². The van der Waals surface area contributed by atoms with Crippen LogP contribution in [0.2, 0.25) is 10.0 Å². The summed E-state index contributed by atoms with van der Waals surface area (Å²) in [6.45, 7) is 3.84. The predicted molar refractivity (Wildman–Crippen MR) is 202 cm³/mol. The minimum Gasteiger partial charge on any atom is -0.450 e. The molecule has 8 rings (SSSR count). The molecular formula is C32H27Cl2N9O9S2. The summed E-state index contributed by atoms with van der Waals surface area (Å²) in [5, 5.41) is 5.71. The fraction of sp³-hybridized carbons (Fsp3) is 0.156. The van der Waals surface area contributed by atoms with E-state index in [9.17, 15) is 25.9 Å². The van der Waals surface area contributed by atoms with Crippen molar-refractivity contribution >= 4 is 123 Å². The Kier molecular flexibility index (Phi) is 8.72. The van der Waals surface area contributed by atoms with E-state index in [1.165, 1.54) is 24.3 Å². The molecule has 1 aliphatic heterocycles. The molecule has 4 aromatic carbocycles. The van der Waals surface area contributed by atoms with Gasteiger partial charge in [-0.05, 0) is 43.3 Å². The number of aryl methyl sites for hydroxylation is 1. The van der Waals surface area contributed by atoms with Gasteiger partial charge in [0.05, 0.1) is 35.6 Å². The molecule has 4 heterocycles. The van der Waals surface area contributed by atoms with E-state index >= 15 is 0 Å². The van der Waals surface area contributed by atoms with Gasteiger partial charge >= 0.3 is 0 Å². The molecule has 1 aliphatic rings. The van der Waals surface area contributed by atoms with Crippen LogP contribution in [0.1, 0.15) is 5.56 Å². The average Bonchev–Trinajstić information content (AvgIpc) is 3.12. The van der Waals surface area contributed by atoms with Crippen molar-refractivity contribution in [1.29, 1.82) is 0 Å². The third kappa shape index (κ3) is 6.46. The zero-order chi connectivity index (χ0) is 38.1. The van der Waals surface area contributed by atoms with E-state index in [1.807, 2.05) is 36.1 Å². The highest BCUT2D eigenvalue weighted by atomic mass is 35.5. The molecule has 0 saturated carbocycles. The molecule has 7 aromatic rings. The summed E-state index contributed by atoms with van der Waals surface area (Å²) >= 11 is 13.6. The molecule has 22 heteroatoms.